The van der Waals surface area contributed by atoms with E-state index in [9.17, 15) is 0 Å². The summed E-state index contributed by atoms with van der Waals surface area (Å²) in [6.07, 6.45) is 3.82. The van der Waals surface area contributed by atoms with Crippen LogP contribution in [-0.4, -0.2) is 15.3 Å². The number of unbranched alkanes of at least 4 members (excludes halogenated alkanes) is 2. The van der Waals surface area contributed by atoms with Crippen LogP contribution in [0.4, 0.5) is 5.69 Å². The third kappa shape index (κ3) is 4.37. The number of fused-ring (bicyclic) bond motifs is 2. The molecule has 4 rings (SSSR count). The second-order valence-electron chi connectivity index (χ2n) is 6.32. The molecule has 0 fully saturated rings. The lowest BCUT2D eigenvalue weighted by atomic mass is 10.3. The summed E-state index contributed by atoms with van der Waals surface area (Å²) in [7, 11) is 0. The Bertz CT molecular complexity index is 1110. The molecule has 0 atom stereocenters. The standard InChI is InChI=1S/C20H21N3S4/c1-2-3-6-11-25-19-22-15-10-9-14(12-18(15)26-19)21-13-23-16-7-4-5-8-17(16)27-20(23)24/h4-5,7-10,12,21H,2-3,6,11,13H2,1H3. The number of hydrogen-bond acceptors (Lipinski definition) is 6. The van der Waals surface area contributed by atoms with Gasteiger partial charge in [0.05, 0.1) is 27.1 Å². The topological polar surface area (TPSA) is 29.9 Å². The highest BCUT2D eigenvalue weighted by atomic mass is 32.2. The number of benzene rings is 2. The summed E-state index contributed by atoms with van der Waals surface area (Å²) in [6.45, 7) is 2.91. The van der Waals surface area contributed by atoms with Crippen molar-refractivity contribution in [3.63, 3.8) is 0 Å². The van der Waals surface area contributed by atoms with E-state index in [2.05, 4.69) is 59.3 Å². The number of thioether (sulfide) groups is 1. The van der Waals surface area contributed by atoms with Gasteiger partial charge in [-0.15, -0.1) is 22.7 Å². The van der Waals surface area contributed by atoms with E-state index in [-0.39, 0.29) is 0 Å². The fraction of sp³-hybridized carbons (Fsp3) is 0.300. The van der Waals surface area contributed by atoms with Crippen LogP contribution in [0.1, 0.15) is 26.2 Å². The van der Waals surface area contributed by atoms with Crippen molar-refractivity contribution < 1.29 is 0 Å². The number of thiazole rings is 2. The van der Waals surface area contributed by atoms with Gasteiger partial charge in [0.1, 0.15) is 0 Å². The Balaban J connectivity index is 1.47. The maximum atomic E-state index is 5.54. The Labute approximate surface area is 176 Å². The van der Waals surface area contributed by atoms with Gasteiger partial charge in [-0.25, -0.2) is 4.98 Å². The first-order chi connectivity index (χ1) is 13.2. The molecule has 0 amide bonds. The zero-order valence-corrected chi connectivity index (χ0v) is 18.4. The Morgan fingerprint density at radius 1 is 1.11 bits per heavy atom. The van der Waals surface area contributed by atoms with Gasteiger partial charge in [0.25, 0.3) is 0 Å². The normalized spacial score (nSPS) is 11.4. The Hall–Kier alpha value is -1.41. The second kappa shape index (κ2) is 8.73. The van der Waals surface area contributed by atoms with E-state index in [0.29, 0.717) is 6.67 Å². The predicted octanol–water partition coefficient (Wildman–Crippen LogP) is 7.39. The first-order valence-corrected chi connectivity index (χ1v) is 12.1. The van der Waals surface area contributed by atoms with Crippen LogP contribution in [0.25, 0.3) is 20.4 Å². The van der Waals surface area contributed by atoms with Crippen molar-refractivity contribution in [1.29, 1.82) is 0 Å². The van der Waals surface area contributed by atoms with Gasteiger partial charge >= 0.3 is 0 Å². The van der Waals surface area contributed by atoms with Crippen molar-refractivity contribution in [2.24, 2.45) is 0 Å². The minimum Gasteiger partial charge on any atom is -0.367 e. The molecule has 3 nitrogen and oxygen atoms in total. The highest BCUT2D eigenvalue weighted by Gasteiger charge is 2.07. The number of nitrogens with one attached hydrogen (secondary N) is 1. The average Bonchev–Trinajstić information content (AvgIpc) is 3.22. The van der Waals surface area contributed by atoms with Crippen molar-refractivity contribution in [3.05, 3.63) is 46.4 Å². The first kappa shape index (κ1) is 18.9. The molecule has 0 unspecified atom stereocenters. The van der Waals surface area contributed by atoms with E-state index in [1.807, 2.05) is 11.8 Å². The molecular formula is C20H21N3S4. The second-order valence-corrected chi connectivity index (χ2v) is 10.4. The summed E-state index contributed by atoms with van der Waals surface area (Å²) < 4.78 is 6.68. The first-order valence-electron chi connectivity index (χ1n) is 9.10. The molecule has 1 N–H and O–H groups in total. The van der Waals surface area contributed by atoms with Gasteiger partial charge in [-0.1, -0.05) is 43.7 Å². The smallest absolute Gasteiger partial charge is 0.163 e. The number of rotatable bonds is 8. The van der Waals surface area contributed by atoms with E-state index in [0.717, 1.165) is 20.9 Å². The third-order valence-electron chi connectivity index (χ3n) is 4.36. The number of anilines is 1. The van der Waals surface area contributed by atoms with Gasteiger partial charge in [-0.3, -0.25) is 0 Å². The number of para-hydroxylation sites is 1. The highest BCUT2D eigenvalue weighted by molar-refractivity contribution is 8.01. The average molecular weight is 432 g/mol. The lowest BCUT2D eigenvalue weighted by Gasteiger charge is -2.08. The van der Waals surface area contributed by atoms with Crippen LogP contribution in [0.2, 0.25) is 0 Å². The van der Waals surface area contributed by atoms with Crippen LogP contribution in [-0.2, 0) is 6.67 Å². The molecule has 4 aromatic rings. The van der Waals surface area contributed by atoms with Gasteiger partial charge in [-0.05, 0) is 49.0 Å². The van der Waals surface area contributed by atoms with Gasteiger partial charge in [0.15, 0.2) is 8.29 Å². The molecule has 140 valence electrons. The Morgan fingerprint density at radius 3 is 2.89 bits per heavy atom. The van der Waals surface area contributed by atoms with Crippen molar-refractivity contribution in [2.75, 3.05) is 11.1 Å². The fourth-order valence-corrected chi connectivity index (χ4v) is 6.42. The molecule has 7 heteroatoms. The molecule has 2 heterocycles. The summed E-state index contributed by atoms with van der Waals surface area (Å²) in [5, 5.41) is 3.52. The van der Waals surface area contributed by atoms with Crippen LogP contribution in [0.3, 0.4) is 0 Å². The van der Waals surface area contributed by atoms with Crippen molar-refractivity contribution >= 4 is 72.8 Å². The summed E-state index contributed by atoms with van der Waals surface area (Å²) in [5.74, 6) is 1.16. The zero-order valence-electron chi connectivity index (χ0n) is 15.1. The molecule has 0 aliphatic carbocycles. The maximum absolute atomic E-state index is 5.54. The van der Waals surface area contributed by atoms with E-state index in [1.54, 1.807) is 22.7 Å². The highest BCUT2D eigenvalue weighted by Crippen LogP contribution is 2.32. The van der Waals surface area contributed by atoms with Crippen LogP contribution < -0.4 is 5.32 Å². The SMILES string of the molecule is CCCCCSc1nc2ccc(NCn3c(=S)sc4ccccc43)cc2s1. The third-order valence-corrected chi connectivity index (χ3v) is 8.04. The molecule has 0 saturated carbocycles. The largest absolute Gasteiger partial charge is 0.367 e. The van der Waals surface area contributed by atoms with Crippen molar-refractivity contribution in [1.82, 2.24) is 9.55 Å². The molecule has 0 bridgehead atoms. The quantitative estimate of drug-likeness (QED) is 0.179. The monoisotopic (exact) mass is 431 g/mol. The predicted molar refractivity (Wildman–Crippen MR) is 124 cm³/mol. The molecule has 0 spiro atoms. The molecular weight excluding hydrogens is 411 g/mol. The number of aromatic nitrogens is 2. The minimum atomic E-state index is 0.672. The van der Waals surface area contributed by atoms with Crippen LogP contribution in [0.15, 0.2) is 46.8 Å². The molecule has 0 saturated heterocycles. The van der Waals surface area contributed by atoms with Crippen molar-refractivity contribution in [2.45, 2.75) is 37.2 Å². The molecule has 0 radical (unpaired) electrons. The van der Waals surface area contributed by atoms with Crippen molar-refractivity contribution in [3.8, 4) is 0 Å². The fourth-order valence-electron chi connectivity index (χ4n) is 2.92. The molecule has 2 aromatic carbocycles. The Kier molecular flexibility index (Phi) is 6.12. The summed E-state index contributed by atoms with van der Waals surface area (Å²) in [4.78, 5) is 4.75. The maximum Gasteiger partial charge on any atom is 0.163 e. The Morgan fingerprint density at radius 2 is 2.00 bits per heavy atom. The lowest BCUT2D eigenvalue weighted by Crippen LogP contribution is -2.07. The molecule has 2 aromatic heterocycles. The van der Waals surface area contributed by atoms with E-state index in [4.69, 9.17) is 17.2 Å². The van der Waals surface area contributed by atoms with Gasteiger partial charge in [0, 0.05) is 11.4 Å². The van der Waals surface area contributed by atoms with Gasteiger partial charge < -0.3 is 9.88 Å². The van der Waals surface area contributed by atoms with Crippen LogP contribution in [0.5, 0.6) is 0 Å². The molecule has 0 aliphatic heterocycles. The van der Waals surface area contributed by atoms with Gasteiger partial charge in [-0.2, -0.15) is 0 Å². The summed E-state index contributed by atoms with van der Waals surface area (Å²) in [6, 6.07) is 14.8. The minimum absolute atomic E-state index is 0.672. The number of nitrogens with zero attached hydrogens (tertiary/aromatic N) is 2. The summed E-state index contributed by atoms with van der Waals surface area (Å²) >= 11 is 10.9. The summed E-state index contributed by atoms with van der Waals surface area (Å²) in [5.41, 5.74) is 3.37. The molecule has 0 aliphatic rings. The molecule has 27 heavy (non-hydrogen) atoms. The van der Waals surface area contributed by atoms with E-state index >= 15 is 0 Å². The van der Waals surface area contributed by atoms with Crippen LogP contribution >= 0.6 is 46.7 Å². The van der Waals surface area contributed by atoms with E-state index < -0.39 is 0 Å². The lowest BCUT2D eigenvalue weighted by molar-refractivity contribution is 0.778. The number of hydrogen-bond donors (Lipinski definition) is 1. The van der Waals surface area contributed by atoms with Crippen LogP contribution in [0, 0.1) is 3.95 Å². The zero-order chi connectivity index (χ0) is 18.6. The van der Waals surface area contributed by atoms with Gasteiger partial charge in [0.2, 0.25) is 0 Å². The van der Waals surface area contributed by atoms with E-state index in [1.165, 1.54) is 38.5 Å².